The van der Waals surface area contributed by atoms with Gasteiger partial charge in [0.05, 0.1) is 43.7 Å². The molecule has 1 aromatic heterocycles. The van der Waals surface area contributed by atoms with Crippen molar-refractivity contribution < 1.29 is 14.3 Å². The number of benzene rings is 4. The van der Waals surface area contributed by atoms with Crippen LogP contribution in [0.15, 0.2) is 117 Å². The number of esters is 1. The third-order valence-electron chi connectivity index (χ3n) is 7.32. The molecule has 0 bridgehead atoms. The van der Waals surface area contributed by atoms with Crippen LogP contribution in [0.25, 0.3) is 11.8 Å². The minimum Gasteiger partial charge on any atom is -0.487 e. The maximum Gasteiger partial charge on any atom is 0.338 e. The zero-order valence-electron chi connectivity index (χ0n) is 24.4. The van der Waals surface area contributed by atoms with Crippen molar-refractivity contribution in [2.45, 2.75) is 19.6 Å². The first-order valence-electron chi connectivity index (χ1n) is 14.3. The Morgan fingerprint density at radius 3 is 2.48 bits per heavy atom. The van der Waals surface area contributed by atoms with Crippen LogP contribution in [0.2, 0.25) is 0 Å². The lowest BCUT2D eigenvalue weighted by Gasteiger charge is -2.25. The molecule has 1 aliphatic heterocycles. The molecule has 0 saturated carbocycles. The van der Waals surface area contributed by atoms with Crippen molar-refractivity contribution in [2.75, 3.05) is 6.61 Å². The van der Waals surface area contributed by atoms with E-state index in [9.17, 15) is 14.9 Å². The van der Waals surface area contributed by atoms with Gasteiger partial charge < -0.3 is 9.47 Å². The minimum absolute atomic E-state index is 0.180. The topological polar surface area (TPSA) is 93.7 Å². The molecule has 0 amide bonds. The number of thiazole rings is 1. The average molecular weight is 802 g/mol. The van der Waals surface area contributed by atoms with Gasteiger partial charge in [-0.25, -0.2) is 9.79 Å². The summed E-state index contributed by atoms with van der Waals surface area (Å²) < 4.78 is 15.5. The molecule has 0 aliphatic carbocycles. The van der Waals surface area contributed by atoms with Gasteiger partial charge in [0, 0.05) is 21.2 Å². The summed E-state index contributed by atoms with van der Waals surface area (Å²) in [6.45, 7) is 2.12. The number of aromatic nitrogens is 1. The van der Waals surface area contributed by atoms with E-state index in [1.807, 2.05) is 91.0 Å². The van der Waals surface area contributed by atoms with E-state index in [4.69, 9.17) is 14.5 Å². The molecule has 0 fully saturated rings. The van der Waals surface area contributed by atoms with Gasteiger partial charge >= 0.3 is 5.97 Å². The Morgan fingerprint density at radius 1 is 1.07 bits per heavy atom. The number of rotatable bonds is 8. The summed E-state index contributed by atoms with van der Waals surface area (Å²) in [6, 6.07) is 31.5. The van der Waals surface area contributed by atoms with Crippen LogP contribution in [-0.4, -0.2) is 17.1 Å². The van der Waals surface area contributed by atoms with E-state index < -0.39 is 12.0 Å². The number of carbonyl (C=O) groups is 1. The Labute approximate surface area is 291 Å². The molecule has 228 valence electrons. The molecule has 1 aliphatic rings. The van der Waals surface area contributed by atoms with E-state index in [-0.39, 0.29) is 18.8 Å². The summed E-state index contributed by atoms with van der Waals surface area (Å²) in [7, 11) is 0. The van der Waals surface area contributed by atoms with Crippen molar-refractivity contribution in [3.05, 3.63) is 158 Å². The molecule has 7 nitrogen and oxygen atoms in total. The van der Waals surface area contributed by atoms with E-state index >= 15 is 0 Å². The van der Waals surface area contributed by atoms with E-state index in [1.54, 1.807) is 23.6 Å². The van der Waals surface area contributed by atoms with Gasteiger partial charge in [-0.05, 0) is 59.4 Å². The second kappa shape index (κ2) is 14.0. The molecule has 0 N–H and O–H groups in total. The van der Waals surface area contributed by atoms with Gasteiger partial charge in [0.25, 0.3) is 5.56 Å². The van der Waals surface area contributed by atoms with E-state index in [0.717, 1.165) is 24.7 Å². The van der Waals surface area contributed by atoms with Crippen molar-refractivity contribution in [1.82, 2.24) is 4.57 Å². The molecule has 0 unspecified atom stereocenters. The van der Waals surface area contributed by atoms with E-state index in [1.165, 1.54) is 11.3 Å². The van der Waals surface area contributed by atoms with Crippen LogP contribution in [0, 0.1) is 14.9 Å². The maximum absolute atomic E-state index is 14.3. The summed E-state index contributed by atoms with van der Waals surface area (Å²) in [5, 5.41) is 9.55. The number of nitriles is 1. The Morgan fingerprint density at radius 2 is 1.76 bits per heavy atom. The summed E-state index contributed by atoms with van der Waals surface area (Å²) in [6.07, 6.45) is 1.79. The predicted octanol–water partition coefficient (Wildman–Crippen LogP) is 6.75. The lowest BCUT2D eigenvalue weighted by atomic mass is 9.93. The Bertz CT molecular complexity index is 2210. The van der Waals surface area contributed by atoms with Gasteiger partial charge in [0.1, 0.15) is 12.4 Å². The summed E-state index contributed by atoms with van der Waals surface area (Å²) in [5.41, 5.74) is 3.98. The zero-order valence-corrected chi connectivity index (χ0v) is 29.0. The van der Waals surface area contributed by atoms with Gasteiger partial charge in [-0.3, -0.25) is 9.36 Å². The third-order valence-corrected chi connectivity index (χ3v) is 9.56. The fraction of sp³-hybridized carbons (Fsp3) is 0.111. The van der Waals surface area contributed by atoms with Crippen molar-refractivity contribution in [2.24, 2.45) is 4.99 Å². The molecule has 1 atom stereocenters. The Kier molecular flexibility index (Phi) is 9.63. The maximum atomic E-state index is 14.3. The van der Waals surface area contributed by atoms with Gasteiger partial charge in [-0.15, -0.1) is 0 Å². The van der Waals surface area contributed by atoms with Gasteiger partial charge in [0.15, 0.2) is 4.80 Å². The molecule has 4 aromatic carbocycles. The van der Waals surface area contributed by atoms with Crippen molar-refractivity contribution in [3.8, 4) is 11.8 Å². The average Bonchev–Trinajstić information content (AvgIpc) is 3.38. The van der Waals surface area contributed by atoms with Crippen LogP contribution < -0.4 is 19.6 Å². The van der Waals surface area contributed by atoms with Gasteiger partial charge in [0.2, 0.25) is 0 Å². The molecule has 46 heavy (non-hydrogen) atoms. The standard InChI is InChI=1S/C36H25BrIN3O4S/c1-2-44-35(43)30-31(22-11-5-3-6-12-22)40-36-41(32(30)23-13-7-4-8-14-23)34(42)29(46-36)18-26-17-27(37)19-28(38)33(26)45-21-25-16-10-9-15-24(25)20-39/h3-19,32H,2,21H2,1H3/b29-18-/t32-/m1/s1. The lowest BCUT2D eigenvalue weighted by molar-refractivity contribution is -0.138. The summed E-state index contributed by atoms with van der Waals surface area (Å²) in [4.78, 5) is 33.4. The van der Waals surface area contributed by atoms with Crippen LogP contribution in [0.4, 0.5) is 0 Å². The van der Waals surface area contributed by atoms with Crippen LogP contribution in [0.3, 0.4) is 0 Å². The first-order valence-corrected chi connectivity index (χ1v) is 17.0. The number of nitrogens with zero attached hydrogens (tertiary/aromatic N) is 3. The lowest BCUT2D eigenvalue weighted by Crippen LogP contribution is -2.40. The highest BCUT2D eigenvalue weighted by Crippen LogP contribution is 2.35. The third kappa shape index (κ3) is 6.35. The molecule has 10 heteroatoms. The quantitative estimate of drug-likeness (QED) is 0.128. The van der Waals surface area contributed by atoms with Crippen molar-refractivity contribution in [1.29, 1.82) is 5.26 Å². The van der Waals surface area contributed by atoms with Crippen molar-refractivity contribution >= 4 is 67.6 Å². The monoisotopic (exact) mass is 801 g/mol. The first kappa shape index (κ1) is 31.7. The molecule has 2 heterocycles. The molecule has 0 saturated heterocycles. The summed E-state index contributed by atoms with van der Waals surface area (Å²) >= 11 is 7.04. The molecule has 5 aromatic rings. The fourth-order valence-electron chi connectivity index (χ4n) is 5.28. The molecule has 0 spiro atoms. The number of hydrogen-bond acceptors (Lipinski definition) is 7. The highest BCUT2D eigenvalue weighted by atomic mass is 127. The van der Waals surface area contributed by atoms with Gasteiger partial charge in [-0.2, -0.15) is 5.26 Å². The highest BCUT2D eigenvalue weighted by molar-refractivity contribution is 14.1. The zero-order chi connectivity index (χ0) is 32.2. The molecule has 0 radical (unpaired) electrons. The SMILES string of the molecule is CCOC(=O)C1=C(c2ccccc2)N=c2s/c(=C\c3cc(Br)cc(I)c3OCc3ccccc3C#N)c(=O)n2[C@@H]1c1ccccc1. The van der Waals surface area contributed by atoms with E-state index in [2.05, 4.69) is 44.6 Å². The largest absolute Gasteiger partial charge is 0.487 e. The Hall–Kier alpha value is -4.31. The van der Waals surface area contributed by atoms with Crippen molar-refractivity contribution in [3.63, 3.8) is 0 Å². The van der Waals surface area contributed by atoms with Crippen LogP contribution >= 0.6 is 49.9 Å². The van der Waals surface area contributed by atoms with Crippen LogP contribution in [0.5, 0.6) is 5.75 Å². The Balaban J connectivity index is 1.55. The number of hydrogen-bond donors (Lipinski definition) is 0. The van der Waals surface area contributed by atoms with Gasteiger partial charge in [-0.1, -0.05) is 106 Å². The highest BCUT2D eigenvalue weighted by Gasteiger charge is 2.35. The number of halogens is 2. The second-order valence-electron chi connectivity index (χ2n) is 10.2. The summed E-state index contributed by atoms with van der Waals surface area (Å²) in [5.74, 6) is 0.0577. The molecular weight excluding hydrogens is 777 g/mol. The van der Waals surface area contributed by atoms with Crippen LogP contribution in [-0.2, 0) is 16.1 Å². The van der Waals surface area contributed by atoms with E-state index in [0.29, 0.717) is 37.5 Å². The smallest absolute Gasteiger partial charge is 0.338 e. The second-order valence-corrected chi connectivity index (χ2v) is 13.3. The first-order chi connectivity index (χ1) is 22.4. The molecule has 6 rings (SSSR count). The van der Waals surface area contributed by atoms with Crippen LogP contribution in [0.1, 0.15) is 40.8 Å². The predicted molar refractivity (Wildman–Crippen MR) is 190 cm³/mol. The number of carbonyl (C=O) groups excluding carboxylic acids is 1. The number of ether oxygens (including phenoxy) is 2. The fourth-order valence-corrected chi connectivity index (χ4v) is 7.98. The molecular formula is C36H25BrIN3O4S. The normalized spacial score (nSPS) is 14.3. The number of fused-ring (bicyclic) bond motifs is 1. The minimum atomic E-state index is -0.755.